The maximum absolute atomic E-state index is 13.2. The van der Waals surface area contributed by atoms with Crippen molar-refractivity contribution >= 4 is 43.6 Å². The summed E-state index contributed by atoms with van der Waals surface area (Å²) >= 11 is 1.38. The number of aryl methyl sites for hydroxylation is 3. The Kier molecular flexibility index (Phi) is 5.92. The van der Waals surface area contributed by atoms with Gasteiger partial charge in [0.05, 0.1) is 4.88 Å². The Morgan fingerprint density at radius 3 is 2.39 bits per heavy atom. The summed E-state index contributed by atoms with van der Waals surface area (Å²) in [6.45, 7) is 6.95. The van der Waals surface area contributed by atoms with Crippen LogP contribution in [0.15, 0.2) is 35.7 Å². The third-order valence-corrected chi connectivity index (χ3v) is 8.13. The van der Waals surface area contributed by atoms with Gasteiger partial charge in [-0.05, 0) is 38.0 Å². The number of benzene rings is 1. The van der Waals surface area contributed by atoms with Crippen molar-refractivity contribution in [3.63, 3.8) is 0 Å². The number of thiophene rings is 1. The van der Waals surface area contributed by atoms with Gasteiger partial charge in [-0.15, -0.1) is 11.3 Å². The van der Waals surface area contributed by atoms with Crippen LogP contribution >= 0.6 is 11.3 Å². The molecular weight excluding hydrogens is 432 g/mol. The number of sulfonamides is 1. The van der Waals surface area contributed by atoms with E-state index in [0.29, 0.717) is 23.8 Å². The number of fused-ring (bicyclic) bond motifs is 1. The summed E-state index contributed by atoms with van der Waals surface area (Å²) < 4.78 is 26.8. The number of hydrogen-bond acceptors (Lipinski definition) is 6. The molecule has 3 heterocycles. The van der Waals surface area contributed by atoms with Crippen molar-refractivity contribution in [1.82, 2.24) is 19.2 Å². The van der Waals surface area contributed by atoms with Crippen LogP contribution in [0.1, 0.15) is 32.3 Å². The monoisotopic (exact) mass is 456 g/mol. The summed E-state index contributed by atoms with van der Waals surface area (Å²) in [6, 6.07) is 9.31. The molecule has 4 rings (SSSR count). The molecule has 0 atom stereocenters. The zero-order chi connectivity index (χ0) is 22.2. The van der Waals surface area contributed by atoms with Gasteiger partial charge in [-0.3, -0.25) is 4.79 Å². The molecule has 7 nitrogen and oxygen atoms in total. The highest BCUT2D eigenvalue weighted by atomic mass is 32.2. The maximum Gasteiger partial charge on any atom is 0.264 e. The second kappa shape index (κ2) is 8.49. The van der Waals surface area contributed by atoms with Crippen molar-refractivity contribution in [2.45, 2.75) is 20.8 Å². The van der Waals surface area contributed by atoms with Crippen molar-refractivity contribution in [1.29, 1.82) is 0 Å². The fourth-order valence-corrected chi connectivity index (χ4v) is 6.20. The van der Waals surface area contributed by atoms with Crippen molar-refractivity contribution in [3.8, 4) is 0 Å². The van der Waals surface area contributed by atoms with E-state index in [1.165, 1.54) is 21.1 Å². The van der Waals surface area contributed by atoms with Crippen LogP contribution in [0.2, 0.25) is 0 Å². The van der Waals surface area contributed by atoms with Crippen molar-refractivity contribution in [2.24, 2.45) is 0 Å². The lowest BCUT2D eigenvalue weighted by molar-refractivity contribution is 0.0703. The fourth-order valence-electron chi connectivity index (χ4n) is 3.78. The van der Waals surface area contributed by atoms with Crippen LogP contribution in [-0.4, -0.2) is 59.7 Å². The predicted octanol–water partition coefficient (Wildman–Crippen LogP) is 3.38. The van der Waals surface area contributed by atoms with E-state index in [1.807, 2.05) is 51.1 Å². The highest BCUT2D eigenvalue weighted by molar-refractivity contribution is 7.92. The minimum absolute atomic E-state index is 0.0746. The molecule has 0 radical (unpaired) electrons. The summed E-state index contributed by atoms with van der Waals surface area (Å²) in [5.41, 5.74) is 2.59. The molecule has 1 fully saturated rings. The number of nitrogens with zero attached hydrogens (tertiary/aromatic N) is 4. The van der Waals surface area contributed by atoms with E-state index in [0.717, 1.165) is 27.0 Å². The van der Waals surface area contributed by atoms with E-state index in [4.69, 9.17) is 0 Å². The Balaban J connectivity index is 1.47. The molecule has 2 aromatic heterocycles. The first-order chi connectivity index (χ1) is 14.8. The van der Waals surface area contributed by atoms with Crippen molar-refractivity contribution < 1.29 is 13.2 Å². The van der Waals surface area contributed by atoms with Crippen LogP contribution in [0, 0.1) is 20.8 Å². The second-order valence-corrected chi connectivity index (χ2v) is 10.4. The Morgan fingerprint density at radius 1 is 1.03 bits per heavy atom. The van der Waals surface area contributed by atoms with Crippen molar-refractivity contribution in [3.05, 3.63) is 63.3 Å². The lowest BCUT2D eigenvalue weighted by Gasteiger charge is -2.33. The highest BCUT2D eigenvalue weighted by Gasteiger charge is 2.30. The molecule has 0 bridgehead atoms. The average Bonchev–Trinajstić information content (AvgIpc) is 3.09. The number of carbonyl (C=O) groups excluding carboxylic acids is 1. The third-order valence-electron chi connectivity index (χ3n) is 5.39. The van der Waals surface area contributed by atoms with Gasteiger partial charge in [0.25, 0.3) is 5.91 Å². The first-order valence-electron chi connectivity index (χ1n) is 10.0. The van der Waals surface area contributed by atoms with Gasteiger partial charge < -0.3 is 4.90 Å². The zero-order valence-corrected chi connectivity index (χ0v) is 19.3. The zero-order valence-electron chi connectivity index (χ0n) is 17.7. The first kappa shape index (κ1) is 21.6. The molecule has 162 valence electrons. The van der Waals surface area contributed by atoms with Gasteiger partial charge in [-0.1, -0.05) is 30.3 Å². The number of aromatic nitrogens is 2. The quantitative estimate of drug-likeness (QED) is 0.601. The average molecular weight is 457 g/mol. The molecular formula is C22H24N4O3S2. The fraction of sp³-hybridized carbons (Fsp3) is 0.318. The van der Waals surface area contributed by atoms with E-state index in [9.17, 15) is 13.2 Å². The molecule has 1 aliphatic rings. The van der Waals surface area contributed by atoms with E-state index in [2.05, 4.69) is 9.97 Å². The molecule has 1 saturated heterocycles. The molecule has 3 aromatic rings. The van der Waals surface area contributed by atoms with Crippen LogP contribution in [0.4, 0.5) is 0 Å². The Labute approximate surface area is 186 Å². The molecule has 1 aromatic carbocycles. The number of rotatable bonds is 4. The van der Waals surface area contributed by atoms with Gasteiger partial charge >= 0.3 is 0 Å². The van der Waals surface area contributed by atoms with Crippen molar-refractivity contribution in [2.75, 3.05) is 26.2 Å². The van der Waals surface area contributed by atoms with E-state index in [1.54, 1.807) is 11.0 Å². The number of amides is 1. The summed E-state index contributed by atoms with van der Waals surface area (Å²) in [4.78, 5) is 25.2. The van der Waals surface area contributed by atoms with E-state index in [-0.39, 0.29) is 19.0 Å². The Hall–Kier alpha value is -2.62. The highest BCUT2D eigenvalue weighted by Crippen LogP contribution is 2.32. The summed E-state index contributed by atoms with van der Waals surface area (Å²) in [5.74, 6) is 0.613. The minimum atomic E-state index is -3.54. The van der Waals surface area contributed by atoms with E-state index < -0.39 is 10.0 Å². The normalized spacial score (nSPS) is 15.8. The number of carbonyl (C=O) groups is 1. The number of hydrogen-bond donors (Lipinski definition) is 0. The van der Waals surface area contributed by atoms with Crippen LogP contribution < -0.4 is 0 Å². The summed E-state index contributed by atoms with van der Waals surface area (Å²) in [6.07, 6.45) is 1.60. The van der Waals surface area contributed by atoms with Gasteiger partial charge in [-0.2, -0.15) is 4.31 Å². The second-order valence-electron chi connectivity index (χ2n) is 7.54. The van der Waals surface area contributed by atoms with Crippen LogP contribution in [0.25, 0.3) is 16.3 Å². The number of piperazine rings is 1. The van der Waals surface area contributed by atoms with Gasteiger partial charge in [0.1, 0.15) is 10.7 Å². The third kappa shape index (κ3) is 4.39. The molecule has 0 aliphatic carbocycles. The standard InChI is InChI=1S/C22H24N4O3S2/c1-15-19-16(2)23-17(3)24-21(19)30-20(15)22(27)25-10-12-26(13-11-25)31(28,29)14-9-18-7-5-4-6-8-18/h4-9,14H,10-13H2,1-3H3/b14-9+. The molecule has 9 heteroatoms. The van der Waals surface area contributed by atoms with Gasteiger partial charge in [0, 0.05) is 42.7 Å². The lowest BCUT2D eigenvalue weighted by atomic mass is 10.1. The smallest absolute Gasteiger partial charge is 0.264 e. The largest absolute Gasteiger partial charge is 0.335 e. The van der Waals surface area contributed by atoms with Gasteiger partial charge in [-0.25, -0.2) is 18.4 Å². The maximum atomic E-state index is 13.2. The predicted molar refractivity (Wildman–Crippen MR) is 123 cm³/mol. The molecule has 0 unspecified atom stereocenters. The molecule has 1 amide bonds. The molecule has 1 aliphatic heterocycles. The van der Waals surface area contributed by atoms with Crippen LogP contribution in [0.5, 0.6) is 0 Å². The topological polar surface area (TPSA) is 83.5 Å². The van der Waals surface area contributed by atoms with Gasteiger partial charge in [0.2, 0.25) is 10.0 Å². The van der Waals surface area contributed by atoms with Gasteiger partial charge in [0.15, 0.2) is 0 Å². The molecule has 0 N–H and O–H groups in total. The first-order valence-corrected chi connectivity index (χ1v) is 12.3. The summed E-state index contributed by atoms with van der Waals surface area (Å²) in [5, 5.41) is 2.17. The SMILES string of the molecule is Cc1nc(C)c2c(C)c(C(=O)N3CCN(S(=O)(=O)/C=C/c4ccccc4)CC3)sc2n1. The molecule has 0 saturated carbocycles. The molecule has 0 spiro atoms. The van der Waals surface area contributed by atoms with Crippen LogP contribution in [0.3, 0.4) is 0 Å². The Bertz CT molecular complexity index is 1260. The summed E-state index contributed by atoms with van der Waals surface area (Å²) in [7, 11) is -3.54. The van der Waals surface area contributed by atoms with Crippen LogP contribution in [-0.2, 0) is 10.0 Å². The van der Waals surface area contributed by atoms with E-state index >= 15 is 0 Å². The minimum Gasteiger partial charge on any atom is -0.335 e. The Morgan fingerprint density at radius 2 is 1.71 bits per heavy atom. The lowest BCUT2D eigenvalue weighted by Crippen LogP contribution is -2.50. The molecule has 31 heavy (non-hydrogen) atoms.